The summed E-state index contributed by atoms with van der Waals surface area (Å²) in [6, 6.07) is 13.1. The van der Waals surface area contributed by atoms with Gasteiger partial charge in [-0.3, -0.25) is 4.90 Å². The largest absolute Gasteiger partial charge is 0.497 e. The van der Waals surface area contributed by atoms with Crippen molar-refractivity contribution in [3.8, 4) is 17.2 Å². The summed E-state index contributed by atoms with van der Waals surface area (Å²) >= 11 is 0. The molecule has 0 spiro atoms. The van der Waals surface area contributed by atoms with Crippen LogP contribution in [0.15, 0.2) is 36.4 Å². The molecule has 4 nitrogen and oxygen atoms in total. The predicted octanol–water partition coefficient (Wildman–Crippen LogP) is 3.73. The van der Waals surface area contributed by atoms with E-state index in [0.29, 0.717) is 6.04 Å². The second-order valence-corrected chi connectivity index (χ2v) is 6.30. The van der Waals surface area contributed by atoms with Crippen LogP contribution in [0.1, 0.15) is 16.7 Å². The van der Waals surface area contributed by atoms with Gasteiger partial charge in [0.05, 0.1) is 21.3 Å². The number of benzene rings is 2. The van der Waals surface area contributed by atoms with Crippen molar-refractivity contribution in [1.29, 1.82) is 0 Å². The second-order valence-electron chi connectivity index (χ2n) is 6.30. The quantitative estimate of drug-likeness (QED) is 0.809. The second kappa shape index (κ2) is 8.45. The van der Waals surface area contributed by atoms with Crippen molar-refractivity contribution in [2.45, 2.75) is 25.4 Å². The van der Waals surface area contributed by atoms with E-state index in [4.69, 9.17) is 14.2 Å². The van der Waals surface area contributed by atoms with Crippen LogP contribution in [-0.4, -0.2) is 39.3 Å². The Kier molecular flexibility index (Phi) is 6.57. The molecule has 0 saturated carbocycles. The van der Waals surface area contributed by atoms with Gasteiger partial charge in [0.1, 0.15) is 5.75 Å². The molecule has 0 saturated heterocycles. The first kappa shape index (κ1) is 19.4. The SMILES string of the molecule is COc1ccc(CC2Cc3cc(OC)c(OC)cc3CN2C)cc1.Cl. The van der Waals surface area contributed by atoms with Gasteiger partial charge < -0.3 is 14.2 Å². The summed E-state index contributed by atoms with van der Waals surface area (Å²) in [5, 5.41) is 0. The average Bonchev–Trinajstić information content (AvgIpc) is 2.62. The normalized spacial score (nSPS) is 16.6. The molecule has 0 bridgehead atoms. The molecule has 1 aliphatic heterocycles. The van der Waals surface area contributed by atoms with Crippen molar-refractivity contribution in [2.24, 2.45) is 0 Å². The van der Waals surface area contributed by atoms with Crippen molar-refractivity contribution in [3.05, 3.63) is 53.1 Å². The number of rotatable bonds is 5. The number of methoxy groups -OCH3 is 3. The molecule has 5 heteroatoms. The molecule has 0 fully saturated rings. The van der Waals surface area contributed by atoms with Gasteiger partial charge in [-0.15, -0.1) is 12.4 Å². The zero-order valence-corrected chi connectivity index (χ0v) is 16.1. The van der Waals surface area contributed by atoms with E-state index in [1.54, 1.807) is 21.3 Å². The number of nitrogens with zero attached hydrogens (tertiary/aromatic N) is 1. The molecule has 0 aliphatic carbocycles. The highest BCUT2D eigenvalue weighted by Gasteiger charge is 2.25. The summed E-state index contributed by atoms with van der Waals surface area (Å²) < 4.78 is 16.1. The lowest BCUT2D eigenvalue weighted by Crippen LogP contribution is -2.39. The van der Waals surface area contributed by atoms with Crippen molar-refractivity contribution in [2.75, 3.05) is 28.4 Å². The lowest BCUT2D eigenvalue weighted by atomic mass is 9.90. The molecule has 1 heterocycles. The average molecular weight is 364 g/mol. The Morgan fingerprint density at radius 1 is 0.920 bits per heavy atom. The van der Waals surface area contributed by atoms with Gasteiger partial charge in [-0.25, -0.2) is 0 Å². The highest BCUT2D eigenvalue weighted by Crippen LogP contribution is 2.34. The molecular formula is C20H26ClNO3. The maximum Gasteiger partial charge on any atom is 0.161 e. The van der Waals surface area contributed by atoms with Crippen LogP contribution in [0.4, 0.5) is 0 Å². The molecule has 2 aromatic carbocycles. The first-order valence-corrected chi connectivity index (χ1v) is 8.21. The van der Waals surface area contributed by atoms with Crippen molar-refractivity contribution < 1.29 is 14.2 Å². The third-order valence-electron chi connectivity index (χ3n) is 4.83. The zero-order chi connectivity index (χ0) is 17.1. The molecular weight excluding hydrogens is 338 g/mol. The van der Waals surface area contributed by atoms with Crippen molar-refractivity contribution in [3.63, 3.8) is 0 Å². The van der Waals surface area contributed by atoms with Crippen LogP contribution in [0.5, 0.6) is 17.2 Å². The number of likely N-dealkylation sites (N-methyl/N-ethyl adjacent to an activating group) is 1. The van der Waals surface area contributed by atoms with Crippen LogP contribution >= 0.6 is 12.4 Å². The predicted molar refractivity (Wildman–Crippen MR) is 102 cm³/mol. The van der Waals surface area contributed by atoms with Crippen LogP contribution in [0.2, 0.25) is 0 Å². The summed E-state index contributed by atoms with van der Waals surface area (Å²) in [5.41, 5.74) is 4.00. The van der Waals surface area contributed by atoms with Gasteiger partial charge in [-0.2, -0.15) is 0 Å². The smallest absolute Gasteiger partial charge is 0.161 e. The lowest BCUT2D eigenvalue weighted by molar-refractivity contribution is 0.213. The Morgan fingerprint density at radius 3 is 2.08 bits per heavy atom. The van der Waals surface area contributed by atoms with E-state index < -0.39 is 0 Å². The number of hydrogen-bond acceptors (Lipinski definition) is 4. The Morgan fingerprint density at radius 2 is 1.52 bits per heavy atom. The molecule has 0 amide bonds. The van der Waals surface area contributed by atoms with Crippen molar-refractivity contribution >= 4 is 12.4 Å². The van der Waals surface area contributed by atoms with Crippen LogP contribution in [0.25, 0.3) is 0 Å². The molecule has 1 aliphatic rings. The highest BCUT2D eigenvalue weighted by atomic mass is 35.5. The molecule has 0 N–H and O–H groups in total. The summed E-state index contributed by atoms with van der Waals surface area (Å²) in [6.45, 7) is 0.927. The zero-order valence-electron chi connectivity index (χ0n) is 15.2. The van der Waals surface area contributed by atoms with Crippen LogP contribution in [0, 0.1) is 0 Å². The molecule has 0 aromatic heterocycles. The summed E-state index contributed by atoms with van der Waals surface area (Å²) in [5.74, 6) is 2.51. The summed E-state index contributed by atoms with van der Waals surface area (Å²) in [7, 11) is 7.26. The van der Waals surface area contributed by atoms with Crippen molar-refractivity contribution in [1.82, 2.24) is 4.90 Å². The van der Waals surface area contributed by atoms with Gasteiger partial charge in [0.2, 0.25) is 0 Å². The van der Waals surface area contributed by atoms with Crippen LogP contribution in [-0.2, 0) is 19.4 Å². The van der Waals surface area contributed by atoms with Gasteiger partial charge in [0.25, 0.3) is 0 Å². The summed E-state index contributed by atoms with van der Waals surface area (Å²) in [4.78, 5) is 2.42. The minimum absolute atomic E-state index is 0. The number of ether oxygens (including phenoxy) is 3. The molecule has 136 valence electrons. The minimum atomic E-state index is 0. The maximum absolute atomic E-state index is 5.46. The molecule has 1 unspecified atom stereocenters. The molecule has 3 rings (SSSR count). The Balaban J connectivity index is 0.00000225. The van der Waals surface area contributed by atoms with E-state index in [9.17, 15) is 0 Å². The molecule has 1 atom stereocenters. The van der Waals surface area contributed by atoms with E-state index in [0.717, 1.165) is 36.6 Å². The monoisotopic (exact) mass is 363 g/mol. The number of fused-ring (bicyclic) bond motifs is 1. The highest BCUT2D eigenvalue weighted by molar-refractivity contribution is 5.85. The molecule has 2 aromatic rings. The maximum atomic E-state index is 5.46. The number of hydrogen-bond donors (Lipinski definition) is 0. The molecule has 0 radical (unpaired) electrons. The summed E-state index contributed by atoms with van der Waals surface area (Å²) in [6.07, 6.45) is 2.03. The molecule has 25 heavy (non-hydrogen) atoms. The van der Waals surface area contributed by atoms with Gasteiger partial charge in [-0.05, 0) is 60.8 Å². The van der Waals surface area contributed by atoms with Crippen LogP contribution < -0.4 is 14.2 Å². The standard InChI is InChI=1S/C20H25NO3.ClH/c1-21-13-16-12-20(24-4)19(23-3)11-15(16)10-17(21)9-14-5-7-18(22-2)8-6-14;/h5-8,11-12,17H,9-10,13H2,1-4H3;1H. The van der Waals surface area contributed by atoms with E-state index in [1.807, 2.05) is 12.1 Å². The first-order valence-electron chi connectivity index (χ1n) is 8.21. The van der Waals surface area contributed by atoms with E-state index >= 15 is 0 Å². The van der Waals surface area contributed by atoms with E-state index in [1.165, 1.54) is 16.7 Å². The third kappa shape index (κ3) is 4.20. The lowest BCUT2D eigenvalue weighted by Gasteiger charge is -2.34. The fourth-order valence-electron chi connectivity index (χ4n) is 3.37. The Hall–Kier alpha value is -1.91. The Bertz CT molecular complexity index is 703. The third-order valence-corrected chi connectivity index (χ3v) is 4.83. The van der Waals surface area contributed by atoms with Gasteiger partial charge in [0, 0.05) is 12.6 Å². The van der Waals surface area contributed by atoms with Gasteiger partial charge in [-0.1, -0.05) is 12.1 Å². The fraction of sp³-hybridized carbons (Fsp3) is 0.400. The topological polar surface area (TPSA) is 30.9 Å². The van der Waals surface area contributed by atoms with E-state index in [2.05, 4.69) is 36.2 Å². The van der Waals surface area contributed by atoms with Gasteiger partial charge >= 0.3 is 0 Å². The number of halogens is 1. The van der Waals surface area contributed by atoms with E-state index in [-0.39, 0.29) is 12.4 Å². The fourth-order valence-corrected chi connectivity index (χ4v) is 3.37. The van der Waals surface area contributed by atoms with Gasteiger partial charge in [0.15, 0.2) is 11.5 Å². The minimum Gasteiger partial charge on any atom is -0.497 e. The van der Waals surface area contributed by atoms with Crippen LogP contribution in [0.3, 0.4) is 0 Å². The Labute approximate surface area is 156 Å². The first-order chi connectivity index (χ1) is 11.6.